The van der Waals surface area contributed by atoms with Gasteiger partial charge in [-0.25, -0.2) is 0 Å². The second-order valence-electron chi connectivity index (χ2n) is 7.15. The highest BCUT2D eigenvalue weighted by molar-refractivity contribution is 7.08. The van der Waals surface area contributed by atoms with Gasteiger partial charge in [0.25, 0.3) is 11.8 Å². The number of rotatable bonds is 5. The summed E-state index contributed by atoms with van der Waals surface area (Å²) >= 11 is 1.03. The van der Waals surface area contributed by atoms with Gasteiger partial charge in [0.15, 0.2) is 0 Å². The molecule has 0 bridgehead atoms. The van der Waals surface area contributed by atoms with Crippen molar-refractivity contribution in [3.05, 3.63) is 40.4 Å². The Kier molecular flexibility index (Phi) is 6.25. The van der Waals surface area contributed by atoms with Crippen molar-refractivity contribution in [3.63, 3.8) is 0 Å². The first-order valence-corrected chi connectivity index (χ1v) is 9.94. The molecule has 2 heterocycles. The number of hydrogen-bond donors (Lipinski definition) is 2. The number of carbonyl (C=O) groups is 2. The monoisotopic (exact) mass is 404 g/mol. The summed E-state index contributed by atoms with van der Waals surface area (Å²) in [6.45, 7) is 6.16. The number of β-amino-alcohol motifs (C(OH)–C–C–N with tert-alkyl or cyclic N) is 1. The number of piperidine rings is 1. The molecule has 28 heavy (non-hydrogen) atoms. The smallest absolute Gasteiger partial charge is 0.265 e. The maximum Gasteiger partial charge on any atom is 0.265 e. The molecule has 3 rings (SSSR count). The van der Waals surface area contributed by atoms with E-state index in [1.54, 1.807) is 36.1 Å². The summed E-state index contributed by atoms with van der Waals surface area (Å²) in [5.41, 5.74) is 1.08. The summed E-state index contributed by atoms with van der Waals surface area (Å²) in [7, 11) is 0. The lowest BCUT2D eigenvalue weighted by Crippen LogP contribution is -2.54. The lowest BCUT2D eigenvalue weighted by molar-refractivity contribution is 0.0371. The van der Waals surface area contributed by atoms with Gasteiger partial charge in [0.1, 0.15) is 10.6 Å². The highest BCUT2D eigenvalue weighted by Crippen LogP contribution is 2.19. The maximum atomic E-state index is 12.8. The Bertz CT molecular complexity index is 837. The Morgan fingerprint density at radius 1 is 1.29 bits per heavy atom. The number of aliphatic hydroxyl groups is 1. The molecule has 1 aliphatic heterocycles. The minimum absolute atomic E-state index is 0.0561. The summed E-state index contributed by atoms with van der Waals surface area (Å²) < 4.78 is 9.36. The van der Waals surface area contributed by atoms with E-state index in [1.165, 1.54) is 0 Å². The average Bonchev–Trinajstić information content (AvgIpc) is 3.07. The van der Waals surface area contributed by atoms with Crippen LogP contribution in [0.5, 0.6) is 5.75 Å². The van der Waals surface area contributed by atoms with Crippen LogP contribution in [0, 0.1) is 6.92 Å². The Hall–Kier alpha value is -2.52. The largest absolute Gasteiger partial charge is 0.491 e. The normalized spacial score (nSPS) is 19.5. The summed E-state index contributed by atoms with van der Waals surface area (Å²) in [5, 5.41) is 16.9. The van der Waals surface area contributed by atoms with Crippen molar-refractivity contribution < 1.29 is 19.4 Å². The van der Waals surface area contributed by atoms with E-state index in [4.69, 9.17) is 4.74 Å². The van der Waals surface area contributed by atoms with Crippen LogP contribution in [0.3, 0.4) is 0 Å². The average molecular weight is 404 g/mol. The Labute approximate surface area is 167 Å². The quantitative estimate of drug-likeness (QED) is 0.785. The maximum absolute atomic E-state index is 12.8. The number of amides is 2. The van der Waals surface area contributed by atoms with Crippen LogP contribution in [-0.2, 0) is 0 Å². The lowest BCUT2D eigenvalue weighted by Gasteiger charge is -2.36. The van der Waals surface area contributed by atoms with Crippen molar-refractivity contribution in [1.82, 2.24) is 19.8 Å². The molecule has 2 aromatic rings. The summed E-state index contributed by atoms with van der Waals surface area (Å²) in [5.74, 6) is 0.225. The predicted molar refractivity (Wildman–Crippen MR) is 105 cm³/mol. The number of aliphatic hydroxyl groups excluding tert-OH is 1. The molecule has 0 aliphatic carbocycles. The molecule has 1 fully saturated rings. The third kappa shape index (κ3) is 4.85. The molecular formula is C19H24N4O4S. The SMILES string of the molecule is Cc1nnsc1C(=O)N[C@H]1C[C@@H](O)CN(C(=O)c2ccc(OC(C)C)cc2)C1. The van der Waals surface area contributed by atoms with Gasteiger partial charge in [0.2, 0.25) is 0 Å². The first-order valence-electron chi connectivity index (χ1n) is 9.17. The number of likely N-dealkylation sites (tertiary alicyclic amines) is 1. The fraction of sp³-hybridized carbons (Fsp3) is 0.474. The van der Waals surface area contributed by atoms with Gasteiger partial charge >= 0.3 is 0 Å². The van der Waals surface area contributed by atoms with Gasteiger partial charge in [-0.15, -0.1) is 5.10 Å². The molecule has 1 aromatic carbocycles. The van der Waals surface area contributed by atoms with Crippen LogP contribution in [0.25, 0.3) is 0 Å². The topological polar surface area (TPSA) is 105 Å². The van der Waals surface area contributed by atoms with E-state index in [0.29, 0.717) is 34.8 Å². The van der Waals surface area contributed by atoms with Crippen molar-refractivity contribution in [1.29, 1.82) is 0 Å². The molecule has 0 unspecified atom stereocenters. The lowest BCUT2D eigenvalue weighted by atomic mass is 10.0. The van der Waals surface area contributed by atoms with E-state index < -0.39 is 6.10 Å². The number of nitrogens with zero attached hydrogens (tertiary/aromatic N) is 3. The molecule has 1 saturated heterocycles. The molecule has 0 radical (unpaired) electrons. The number of aryl methyl sites for hydroxylation is 1. The third-order valence-electron chi connectivity index (χ3n) is 4.38. The van der Waals surface area contributed by atoms with E-state index in [0.717, 1.165) is 11.5 Å². The van der Waals surface area contributed by atoms with Crippen LogP contribution in [-0.4, -0.2) is 62.7 Å². The Morgan fingerprint density at radius 3 is 2.61 bits per heavy atom. The van der Waals surface area contributed by atoms with Crippen LogP contribution in [0.1, 0.15) is 46.0 Å². The zero-order chi connectivity index (χ0) is 20.3. The van der Waals surface area contributed by atoms with Crippen molar-refractivity contribution in [2.45, 2.75) is 45.4 Å². The standard InChI is InChI=1S/C19H24N4O4S/c1-11(2)27-16-6-4-13(5-7-16)19(26)23-9-14(8-15(24)10-23)20-18(25)17-12(3)21-22-28-17/h4-7,11,14-15,24H,8-10H2,1-3H3,(H,20,25)/t14-,15+/m0/s1. The third-order valence-corrected chi connectivity index (χ3v) is 5.21. The fourth-order valence-electron chi connectivity index (χ4n) is 3.16. The van der Waals surface area contributed by atoms with Gasteiger partial charge in [-0.3, -0.25) is 9.59 Å². The number of hydrogen-bond acceptors (Lipinski definition) is 7. The second kappa shape index (κ2) is 8.66. The van der Waals surface area contributed by atoms with Crippen LogP contribution in [0.2, 0.25) is 0 Å². The number of ether oxygens (including phenoxy) is 1. The summed E-state index contributed by atoms with van der Waals surface area (Å²) in [6, 6.07) is 6.59. The molecule has 150 valence electrons. The van der Waals surface area contributed by atoms with E-state index >= 15 is 0 Å². The fourth-order valence-corrected chi connectivity index (χ4v) is 3.72. The van der Waals surface area contributed by atoms with Gasteiger partial charge in [-0.05, 0) is 63.0 Å². The molecule has 0 spiro atoms. The van der Waals surface area contributed by atoms with Crippen molar-refractivity contribution in [2.24, 2.45) is 0 Å². The Morgan fingerprint density at radius 2 is 2.00 bits per heavy atom. The van der Waals surface area contributed by atoms with E-state index in [-0.39, 0.29) is 30.5 Å². The van der Waals surface area contributed by atoms with Gasteiger partial charge in [0.05, 0.1) is 17.9 Å². The van der Waals surface area contributed by atoms with Crippen LogP contribution < -0.4 is 10.1 Å². The molecule has 8 nitrogen and oxygen atoms in total. The molecule has 0 saturated carbocycles. The van der Waals surface area contributed by atoms with Gasteiger partial charge in [-0.1, -0.05) is 4.49 Å². The number of carbonyl (C=O) groups excluding carboxylic acids is 2. The molecule has 2 amide bonds. The van der Waals surface area contributed by atoms with Gasteiger partial charge < -0.3 is 20.1 Å². The first-order chi connectivity index (χ1) is 13.3. The van der Waals surface area contributed by atoms with Crippen LogP contribution >= 0.6 is 11.5 Å². The highest BCUT2D eigenvalue weighted by Gasteiger charge is 2.31. The summed E-state index contributed by atoms with van der Waals surface area (Å²) in [4.78, 5) is 27.2. The summed E-state index contributed by atoms with van der Waals surface area (Å²) in [6.07, 6.45) is -0.255. The van der Waals surface area contributed by atoms with Gasteiger partial charge in [-0.2, -0.15) is 0 Å². The molecule has 1 aromatic heterocycles. The molecular weight excluding hydrogens is 380 g/mol. The van der Waals surface area contributed by atoms with Crippen LogP contribution in [0.4, 0.5) is 0 Å². The highest BCUT2D eigenvalue weighted by atomic mass is 32.1. The van der Waals surface area contributed by atoms with E-state index in [2.05, 4.69) is 14.9 Å². The second-order valence-corrected chi connectivity index (χ2v) is 7.90. The predicted octanol–water partition coefficient (Wildman–Crippen LogP) is 1.64. The number of benzene rings is 1. The zero-order valence-electron chi connectivity index (χ0n) is 16.1. The minimum Gasteiger partial charge on any atom is -0.491 e. The minimum atomic E-state index is -0.702. The molecule has 1 aliphatic rings. The van der Waals surface area contributed by atoms with Crippen molar-refractivity contribution in [3.8, 4) is 5.75 Å². The van der Waals surface area contributed by atoms with E-state index in [1.807, 2.05) is 13.8 Å². The van der Waals surface area contributed by atoms with Gasteiger partial charge in [0, 0.05) is 24.7 Å². The van der Waals surface area contributed by atoms with E-state index in [9.17, 15) is 14.7 Å². The number of nitrogens with one attached hydrogen (secondary N) is 1. The zero-order valence-corrected chi connectivity index (χ0v) is 16.9. The first kappa shape index (κ1) is 20.2. The van der Waals surface area contributed by atoms with Crippen LogP contribution in [0.15, 0.2) is 24.3 Å². The molecule has 9 heteroatoms. The van der Waals surface area contributed by atoms with Crippen molar-refractivity contribution >= 4 is 23.3 Å². The van der Waals surface area contributed by atoms with Crippen molar-refractivity contribution in [2.75, 3.05) is 13.1 Å². The molecule has 2 atom stereocenters. The molecule has 2 N–H and O–H groups in total. The number of aromatic nitrogens is 2. The Balaban J connectivity index is 1.65.